The van der Waals surface area contributed by atoms with Crippen LogP contribution in [0.2, 0.25) is 5.02 Å². The van der Waals surface area contributed by atoms with E-state index in [4.69, 9.17) is 16.7 Å². The Morgan fingerprint density at radius 3 is 2.85 bits per heavy atom. The molecule has 0 saturated heterocycles. The van der Waals surface area contributed by atoms with Gasteiger partial charge < -0.3 is 5.11 Å². The van der Waals surface area contributed by atoms with Gasteiger partial charge >= 0.3 is 5.97 Å². The predicted molar refractivity (Wildman–Crippen MR) is 72.9 cm³/mol. The van der Waals surface area contributed by atoms with E-state index in [1.165, 1.54) is 4.52 Å². The monoisotopic (exact) mass is 288 g/mol. The second-order valence-electron chi connectivity index (χ2n) is 4.24. The van der Waals surface area contributed by atoms with Crippen molar-refractivity contribution in [2.75, 3.05) is 0 Å². The van der Waals surface area contributed by atoms with E-state index in [0.717, 1.165) is 11.1 Å². The Kier molecular flexibility index (Phi) is 2.87. The Bertz CT molecular complexity index is 828. The molecule has 0 radical (unpaired) electrons. The normalized spacial score (nSPS) is 10.9. The first-order valence-corrected chi connectivity index (χ1v) is 6.16. The third-order valence-electron chi connectivity index (χ3n) is 2.99. The van der Waals surface area contributed by atoms with Gasteiger partial charge in [-0.2, -0.15) is 5.10 Å². The van der Waals surface area contributed by atoms with E-state index < -0.39 is 5.97 Å². The van der Waals surface area contributed by atoms with Crippen LogP contribution in [0.4, 0.5) is 0 Å². The van der Waals surface area contributed by atoms with Gasteiger partial charge in [0, 0.05) is 10.6 Å². The molecule has 0 amide bonds. The highest BCUT2D eigenvalue weighted by Gasteiger charge is 2.17. The van der Waals surface area contributed by atoms with Crippen LogP contribution in [0.25, 0.3) is 16.8 Å². The molecule has 1 N–H and O–H groups in total. The molecule has 7 heteroatoms. The summed E-state index contributed by atoms with van der Waals surface area (Å²) in [5.41, 5.74) is 2.41. The first kappa shape index (κ1) is 12.6. The molecule has 0 unspecified atom stereocenters. The van der Waals surface area contributed by atoms with Crippen molar-refractivity contribution in [2.24, 2.45) is 0 Å². The van der Waals surface area contributed by atoms with E-state index in [2.05, 4.69) is 15.3 Å². The quantitative estimate of drug-likeness (QED) is 0.783. The van der Waals surface area contributed by atoms with Crippen LogP contribution in [-0.4, -0.2) is 30.9 Å². The van der Waals surface area contributed by atoms with E-state index in [1.807, 2.05) is 12.1 Å². The number of carboxylic acid groups (broad SMARTS) is 1. The van der Waals surface area contributed by atoms with E-state index in [1.54, 1.807) is 25.3 Å². The molecule has 0 fully saturated rings. The van der Waals surface area contributed by atoms with Crippen molar-refractivity contribution in [1.82, 2.24) is 19.8 Å². The number of nitrogens with zero attached hydrogens (tertiary/aromatic N) is 4. The Balaban J connectivity index is 2.25. The average Bonchev–Trinajstić information content (AvgIpc) is 2.83. The number of benzene rings is 1. The standard InChI is InChI=1S/C13H9ClN4O2/c1-7-11(13(19)20)16-17-12-10(6-15-18(7)12)8-3-2-4-9(14)5-8/h2-6H,1H3,(H,19,20). The van der Waals surface area contributed by atoms with Gasteiger partial charge in [0.05, 0.1) is 11.9 Å². The van der Waals surface area contributed by atoms with Gasteiger partial charge in [-0.05, 0) is 24.6 Å². The number of carbonyl (C=O) groups is 1. The first-order chi connectivity index (χ1) is 9.58. The maximum atomic E-state index is 11.0. The van der Waals surface area contributed by atoms with Crippen LogP contribution >= 0.6 is 11.6 Å². The molecule has 20 heavy (non-hydrogen) atoms. The van der Waals surface area contributed by atoms with Crippen LogP contribution in [0.3, 0.4) is 0 Å². The Morgan fingerprint density at radius 2 is 2.15 bits per heavy atom. The maximum Gasteiger partial charge on any atom is 0.358 e. The molecule has 0 atom stereocenters. The maximum absolute atomic E-state index is 11.0. The number of aryl methyl sites for hydroxylation is 1. The second kappa shape index (κ2) is 4.57. The number of rotatable bonds is 2. The molecule has 0 saturated carbocycles. The summed E-state index contributed by atoms with van der Waals surface area (Å²) in [6.07, 6.45) is 1.62. The van der Waals surface area contributed by atoms with Crippen LogP contribution in [0.5, 0.6) is 0 Å². The zero-order valence-electron chi connectivity index (χ0n) is 10.4. The number of aromatic carboxylic acids is 1. The van der Waals surface area contributed by atoms with Gasteiger partial charge in [-0.1, -0.05) is 23.7 Å². The van der Waals surface area contributed by atoms with Gasteiger partial charge in [-0.3, -0.25) is 0 Å². The molecule has 2 aromatic heterocycles. The van der Waals surface area contributed by atoms with Gasteiger partial charge in [0.15, 0.2) is 11.3 Å². The lowest BCUT2D eigenvalue weighted by Crippen LogP contribution is -2.10. The van der Waals surface area contributed by atoms with Crippen LogP contribution in [0.1, 0.15) is 16.2 Å². The zero-order chi connectivity index (χ0) is 14.3. The highest BCUT2D eigenvalue weighted by Crippen LogP contribution is 2.26. The summed E-state index contributed by atoms with van der Waals surface area (Å²) in [4.78, 5) is 11.0. The minimum atomic E-state index is -1.13. The molecule has 0 aliphatic rings. The number of fused-ring (bicyclic) bond motifs is 1. The fourth-order valence-electron chi connectivity index (χ4n) is 2.01. The van der Waals surface area contributed by atoms with Crippen LogP contribution < -0.4 is 0 Å². The smallest absolute Gasteiger partial charge is 0.358 e. The van der Waals surface area contributed by atoms with Crippen molar-refractivity contribution >= 4 is 23.2 Å². The molecule has 0 aliphatic heterocycles. The van der Waals surface area contributed by atoms with Crippen LogP contribution in [0, 0.1) is 6.92 Å². The third-order valence-corrected chi connectivity index (χ3v) is 3.22. The Morgan fingerprint density at radius 1 is 1.35 bits per heavy atom. The Labute approximate surface area is 118 Å². The summed E-state index contributed by atoms with van der Waals surface area (Å²) >= 11 is 5.97. The van der Waals surface area contributed by atoms with Crippen LogP contribution in [0.15, 0.2) is 30.5 Å². The highest BCUT2D eigenvalue weighted by molar-refractivity contribution is 6.30. The molecule has 3 aromatic rings. The number of carboxylic acids is 1. The van der Waals surface area contributed by atoms with Gasteiger partial charge in [0.2, 0.25) is 0 Å². The van der Waals surface area contributed by atoms with E-state index in [0.29, 0.717) is 16.4 Å². The summed E-state index contributed by atoms with van der Waals surface area (Å²) in [5.74, 6) is -1.13. The molecule has 0 aliphatic carbocycles. The SMILES string of the molecule is Cc1c(C(=O)O)nnc2c(-c3cccc(Cl)c3)cnn12. The van der Waals surface area contributed by atoms with Gasteiger partial charge in [-0.15, -0.1) is 10.2 Å². The summed E-state index contributed by atoms with van der Waals surface area (Å²) in [5, 5.41) is 21.5. The summed E-state index contributed by atoms with van der Waals surface area (Å²) in [6, 6.07) is 7.27. The topological polar surface area (TPSA) is 80.4 Å². The van der Waals surface area contributed by atoms with Crippen molar-refractivity contribution in [3.05, 3.63) is 46.9 Å². The van der Waals surface area contributed by atoms with Gasteiger partial charge in [0.1, 0.15) is 0 Å². The molecule has 0 spiro atoms. The lowest BCUT2D eigenvalue weighted by atomic mass is 10.1. The fourth-order valence-corrected chi connectivity index (χ4v) is 2.20. The number of hydrogen-bond donors (Lipinski definition) is 1. The summed E-state index contributed by atoms with van der Waals surface area (Å²) in [6.45, 7) is 1.64. The van der Waals surface area contributed by atoms with E-state index in [9.17, 15) is 4.79 Å². The first-order valence-electron chi connectivity index (χ1n) is 5.78. The third kappa shape index (κ3) is 1.90. The van der Waals surface area contributed by atoms with Crippen molar-refractivity contribution in [3.8, 4) is 11.1 Å². The van der Waals surface area contributed by atoms with Crippen molar-refractivity contribution in [3.63, 3.8) is 0 Å². The zero-order valence-corrected chi connectivity index (χ0v) is 11.2. The largest absolute Gasteiger partial charge is 0.476 e. The van der Waals surface area contributed by atoms with Gasteiger partial charge in [-0.25, -0.2) is 9.31 Å². The minimum absolute atomic E-state index is 0.113. The van der Waals surface area contributed by atoms with Crippen molar-refractivity contribution in [2.45, 2.75) is 6.92 Å². The lowest BCUT2D eigenvalue weighted by Gasteiger charge is -2.03. The molecule has 100 valence electrons. The molecule has 0 bridgehead atoms. The number of hydrogen-bond acceptors (Lipinski definition) is 4. The minimum Gasteiger partial charge on any atom is -0.476 e. The van der Waals surface area contributed by atoms with Gasteiger partial charge in [0.25, 0.3) is 0 Å². The average molecular weight is 289 g/mol. The molecular formula is C13H9ClN4O2. The van der Waals surface area contributed by atoms with Crippen molar-refractivity contribution < 1.29 is 9.90 Å². The number of halogens is 1. The molecular weight excluding hydrogens is 280 g/mol. The summed E-state index contributed by atoms with van der Waals surface area (Å²) < 4.78 is 1.46. The molecule has 2 heterocycles. The van der Waals surface area contributed by atoms with Crippen molar-refractivity contribution in [1.29, 1.82) is 0 Å². The fraction of sp³-hybridized carbons (Fsp3) is 0.0769. The lowest BCUT2D eigenvalue weighted by molar-refractivity contribution is 0.0687. The predicted octanol–water partition coefficient (Wildman–Crippen LogP) is 2.45. The molecule has 6 nitrogen and oxygen atoms in total. The van der Waals surface area contributed by atoms with E-state index in [-0.39, 0.29) is 5.69 Å². The summed E-state index contributed by atoms with van der Waals surface area (Å²) in [7, 11) is 0. The highest BCUT2D eigenvalue weighted by atomic mass is 35.5. The number of aromatic nitrogens is 4. The van der Waals surface area contributed by atoms with Crippen LogP contribution in [-0.2, 0) is 0 Å². The second-order valence-corrected chi connectivity index (χ2v) is 4.68. The Hall–Kier alpha value is -2.47. The molecule has 1 aromatic carbocycles. The molecule has 3 rings (SSSR count). The van der Waals surface area contributed by atoms with E-state index >= 15 is 0 Å².